The van der Waals surface area contributed by atoms with Crippen LogP contribution in [0.1, 0.15) is 21.9 Å². The van der Waals surface area contributed by atoms with E-state index in [4.69, 9.17) is 13.5 Å². The van der Waals surface area contributed by atoms with Crippen LogP contribution in [0.2, 0.25) is 0 Å². The fourth-order valence-corrected chi connectivity index (χ4v) is 0.100. The highest BCUT2D eigenvalue weighted by Crippen LogP contribution is 2.05. The number of hydrogen-bond acceptors (Lipinski definition) is 2. The SMILES string of the molecule is [2H]C([2H])([2H])C(C#N)(N(C)C)C([2H])([2H])[2H]. The Morgan fingerprint density at radius 2 is 2.12 bits per heavy atom. The Bertz CT molecular complexity index is 231. The second-order valence-corrected chi connectivity index (χ2v) is 1.72. The van der Waals surface area contributed by atoms with Crippen molar-refractivity contribution in [1.82, 2.24) is 4.90 Å². The summed E-state index contributed by atoms with van der Waals surface area (Å²) in [5, 5.41) is 8.81. The van der Waals surface area contributed by atoms with Gasteiger partial charge in [-0.05, 0) is 27.8 Å². The smallest absolute Gasteiger partial charge is 0.103 e. The monoisotopic (exact) mass is 118 g/mol. The largest absolute Gasteiger partial charge is 0.292 e. The van der Waals surface area contributed by atoms with Gasteiger partial charge in [-0.25, -0.2) is 0 Å². The van der Waals surface area contributed by atoms with Crippen molar-refractivity contribution in [3.63, 3.8) is 0 Å². The summed E-state index contributed by atoms with van der Waals surface area (Å²) in [6.07, 6.45) is 0. The summed E-state index contributed by atoms with van der Waals surface area (Å²) in [5.41, 5.74) is -2.44. The Morgan fingerprint density at radius 1 is 1.62 bits per heavy atom. The van der Waals surface area contributed by atoms with E-state index in [-0.39, 0.29) is 0 Å². The lowest BCUT2D eigenvalue weighted by atomic mass is 10.1. The zero-order valence-electron chi connectivity index (χ0n) is 10.9. The number of nitrogens with zero attached hydrogens (tertiary/aromatic N) is 2. The first-order chi connectivity index (χ1) is 6.00. The molecule has 0 saturated carbocycles. The summed E-state index contributed by atoms with van der Waals surface area (Å²) < 4.78 is 42.8. The minimum Gasteiger partial charge on any atom is -0.292 e. The summed E-state index contributed by atoms with van der Waals surface area (Å²) in [6.45, 7) is -5.76. The van der Waals surface area contributed by atoms with Gasteiger partial charge >= 0.3 is 0 Å². The van der Waals surface area contributed by atoms with Gasteiger partial charge in [0.2, 0.25) is 0 Å². The standard InChI is InChI=1S/C6H12N2/c1-6(2,5-7)8(3)4/h1-4H3/i1D3,2D3. The van der Waals surface area contributed by atoms with Crippen LogP contribution < -0.4 is 0 Å². The Kier molecular flexibility index (Phi) is 0.536. The summed E-state index contributed by atoms with van der Waals surface area (Å²) >= 11 is 0. The quantitative estimate of drug-likeness (QED) is 0.510. The fourth-order valence-electron chi connectivity index (χ4n) is 0.100. The number of nitriles is 1. The van der Waals surface area contributed by atoms with E-state index in [1.807, 2.05) is 0 Å². The zero-order valence-corrected chi connectivity index (χ0v) is 4.89. The van der Waals surface area contributed by atoms with Gasteiger partial charge in [-0.1, -0.05) is 0 Å². The number of rotatable bonds is 1. The minimum absolute atomic E-state index is 0.924. The highest BCUT2D eigenvalue weighted by atomic mass is 15.1. The summed E-state index contributed by atoms with van der Waals surface area (Å²) in [6, 6.07) is 1.40. The molecule has 0 aromatic carbocycles. The van der Waals surface area contributed by atoms with Gasteiger partial charge in [0.25, 0.3) is 0 Å². The molecule has 0 aliphatic carbocycles. The van der Waals surface area contributed by atoms with Crippen LogP contribution in [-0.4, -0.2) is 24.5 Å². The predicted molar refractivity (Wildman–Crippen MR) is 33.4 cm³/mol. The van der Waals surface area contributed by atoms with E-state index in [0.717, 1.165) is 4.90 Å². The van der Waals surface area contributed by atoms with Crippen molar-refractivity contribution in [3.8, 4) is 6.07 Å². The van der Waals surface area contributed by atoms with E-state index in [2.05, 4.69) is 0 Å². The predicted octanol–water partition coefficient (Wildman–Crippen LogP) is 0.850. The van der Waals surface area contributed by atoms with Gasteiger partial charge in [0.05, 0.1) is 6.07 Å². The van der Waals surface area contributed by atoms with Crippen molar-refractivity contribution in [2.45, 2.75) is 19.2 Å². The average Bonchev–Trinajstić information content (AvgIpc) is 1.80. The van der Waals surface area contributed by atoms with Crippen LogP contribution in [0.3, 0.4) is 0 Å². The van der Waals surface area contributed by atoms with Crippen molar-refractivity contribution in [2.24, 2.45) is 0 Å². The van der Waals surface area contributed by atoms with Gasteiger partial charge in [-0.3, -0.25) is 4.90 Å². The Morgan fingerprint density at radius 3 is 2.12 bits per heavy atom. The molecule has 0 rings (SSSR count). The third-order valence-corrected chi connectivity index (χ3v) is 0.833. The Balaban J connectivity index is 5.62. The van der Waals surface area contributed by atoms with E-state index in [1.165, 1.54) is 20.2 Å². The first-order valence-corrected chi connectivity index (χ1v) is 2.09. The molecule has 2 nitrogen and oxygen atoms in total. The molecule has 0 bridgehead atoms. The fraction of sp³-hybridized carbons (Fsp3) is 0.833. The summed E-state index contributed by atoms with van der Waals surface area (Å²) in [4.78, 5) is 0.924. The molecule has 2 heteroatoms. The Hall–Kier alpha value is -0.550. The molecule has 0 saturated heterocycles. The van der Waals surface area contributed by atoms with E-state index >= 15 is 0 Å². The van der Waals surface area contributed by atoms with Crippen LogP contribution in [0.15, 0.2) is 0 Å². The summed E-state index contributed by atoms with van der Waals surface area (Å²) in [7, 11) is 2.53. The van der Waals surface area contributed by atoms with Crippen molar-refractivity contribution in [1.29, 1.82) is 5.26 Å². The van der Waals surface area contributed by atoms with Crippen molar-refractivity contribution in [2.75, 3.05) is 14.1 Å². The van der Waals surface area contributed by atoms with Crippen molar-refractivity contribution in [3.05, 3.63) is 0 Å². The van der Waals surface area contributed by atoms with Crippen LogP contribution in [0.25, 0.3) is 0 Å². The molecule has 8 heavy (non-hydrogen) atoms. The van der Waals surface area contributed by atoms with E-state index in [0.29, 0.717) is 0 Å². The van der Waals surface area contributed by atoms with Gasteiger partial charge in [0.15, 0.2) is 0 Å². The van der Waals surface area contributed by atoms with Gasteiger partial charge in [-0.15, -0.1) is 0 Å². The third kappa shape index (κ3) is 1.51. The molecule has 0 aromatic rings. The lowest BCUT2D eigenvalue weighted by molar-refractivity contribution is 0.261. The average molecular weight is 118 g/mol. The molecular formula is C6H12N2. The molecule has 0 aliphatic rings. The van der Waals surface area contributed by atoms with Gasteiger partial charge in [-0.2, -0.15) is 5.26 Å². The molecule has 0 radical (unpaired) electrons. The lowest BCUT2D eigenvalue weighted by Crippen LogP contribution is -2.36. The first-order valence-electron chi connectivity index (χ1n) is 5.09. The molecule has 0 aliphatic heterocycles. The van der Waals surface area contributed by atoms with E-state index < -0.39 is 19.2 Å². The first kappa shape index (κ1) is 2.00. The lowest BCUT2D eigenvalue weighted by Gasteiger charge is -2.23. The van der Waals surface area contributed by atoms with Crippen LogP contribution >= 0.6 is 0 Å². The maximum Gasteiger partial charge on any atom is 0.103 e. The molecule has 0 N–H and O–H groups in total. The zero-order chi connectivity index (χ0) is 11.8. The second kappa shape index (κ2) is 2.15. The molecule has 0 fully saturated rings. The number of hydrogen-bond donors (Lipinski definition) is 0. The molecule has 46 valence electrons. The summed E-state index contributed by atoms with van der Waals surface area (Å²) in [5.74, 6) is 0. The molecule has 0 atom stereocenters. The normalized spacial score (nSPS) is 25.8. The van der Waals surface area contributed by atoms with Crippen LogP contribution in [0.5, 0.6) is 0 Å². The molecular weight excluding hydrogens is 100 g/mol. The maximum atomic E-state index is 8.81. The molecule has 0 heterocycles. The topological polar surface area (TPSA) is 27.0 Å². The Labute approximate surface area is 59.1 Å². The van der Waals surface area contributed by atoms with Gasteiger partial charge in [0, 0.05) is 8.22 Å². The third-order valence-electron chi connectivity index (χ3n) is 0.833. The van der Waals surface area contributed by atoms with E-state index in [9.17, 15) is 0 Å². The highest BCUT2D eigenvalue weighted by molar-refractivity contribution is 4.99. The second-order valence-electron chi connectivity index (χ2n) is 1.72. The molecule has 0 spiro atoms. The maximum absolute atomic E-state index is 8.81. The van der Waals surface area contributed by atoms with Crippen molar-refractivity contribution < 1.29 is 8.22 Å². The molecule has 0 amide bonds. The van der Waals surface area contributed by atoms with Crippen LogP contribution in [0.4, 0.5) is 0 Å². The van der Waals surface area contributed by atoms with Gasteiger partial charge < -0.3 is 0 Å². The van der Waals surface area contributed by atoms with Crippen LogP contribution in [0, 0.1) is 11.3 Å². The van der Waals surface area contributed by atoms with Crippen LogP contribution in [-0.2, 0) is 0 Å². The molecule has 0 aromatic heterocycles. The molecule has 0 unspecified atom stereocenters. The highest BCUT2D eigenvalue weighted by Gasteiger charge is 2.17. The van der Waals surface area contributed by atoms with E-state index in [1.54, 1.807) is 0 Å². The minimum atomic E-state index is -2.88. The van der Waals surface area contributed by atoms with Crippen molar-refractivity contribution >= 4 is 0 Å². The van der Waals surface area contributed by atoms with Gasteiger partial charge in [0.1, 0.15) is 5.54 Å².